The van der Waals surface area contributed by atoms with Gasteiger partial charge in [-0.25, -0.2) is 4.98 Å². The molecule has 1 atom stereocenters. The molecule has 1 aliphatic heterocycles. The molecule has 1 amide bonds. The van der Waals surface area contributed by atoms with Crippen molar-refractivity contribution in [1.29, 1.82) is 0 Å². The number of aromatic nitrogens is 2. The second kappa shape index (κ2) is 13.8. The number of rotatable bonds is 10. The van der Waals surface area contributed by atoms with Gasteiger partial charge in [-0.1, -0.05) is 47.5 Å². The minimum atomic E-state index is -0.150. The molecule has 224 valence electrons. The van der Waals surface area contributed by atoms with Crippen molar-refractivity contribution in [2.75, 3.05) is 44.6 Å². The zero-order valence-corrected chi connectivity index (χ0v) is 25.7. The van der Waals surface area contributed by atoms with Crippen molar-refractivity contribution in [2.24, 2.45) is 5.92 Å². The molecule has 0 unspecified atom stereocenters. The van der Waals surface area contributed by atoms with E-state index in [1.807, 2.05) is 42.5 Å². The van der Waals surface area contributed by atoms with E-state index in [1.165, 1.54) is 0 Å². The van der Waals surface area contributed by atoms with Crippen LogP contribution in [0.4, 0.5) is 17.5 Å². The molecule has 1 saturated heterocycles. The zero-order valence-electron chi connectivity index (χ0n) is 24.2. The van der Waals surface area contributed by atoms with Gasteiger partial charge in [-0.05, 0) is 53.8 Å². The van der Waals surface area contributed by atoms with Crippen molar-refractivity contribution >= 4 is 46.6 Å². The Morgan fingerprint density at radius 3 is 2.28 bits per heavy atom. The van der Waals surface area contributed by atoms with Gasteiger partial charge in [0.15, 0.2) is 11.5 Å². The summed E-state index contributed by atoms with van der Waals surface area (Å²) >= 11 is 12.3. The van der Waals surface area contributed by atoms with Crippen LogP contribution in [0, 0.1) is 5.92 Å². The molecule has 0 saturated carbocycles. The molecule has 1 fully saturated rings. The number of nitrogens with one attached hydrogen (secondary N) is 2. The highest BCUT2D eigenvalue weighted by Gasteiger charge is 2.27. The first-order valence-corrected chi connectivity index (χ1v) is 14.6. The second-order valence-electron chi connectivity index (χ2n) is 10.1. The van der Waals surface area contributed by atoms with Crippen molar-refractivity contribution in [3.63, 3.8) is 0 Å². The molecule has 0 spiro atoms. The Morgan fingerprint density at radius 1 is 0.930 bits per heavy atom. The highest BCUT2D eigenvalue weighted by atomic mass is 35.5. The van der Waals surface area contributed by atoms with Crippen LogP contribution >= 0.6 is 23.2 Å². The summed E-state index contributed by atoms with van der Waals surface area (Å²) in [6.45, 7) is 1.82. The lowest BCUT2D eigenvalue weighted by Crippen LogP contribution is -2.43. The molecule has 0 bridgehead atoms. The van der Waals surface area contributed by atoms with Crippen molar-refractivity contribution < 1.29 is 19.0 Å². The standard InChI is InChI=1S/C32H33Cl2N5O4/c1-41-27-16-26(17-28(42-2)30(27)43-3)37-32-35-11-10-29(38-32)39-12-4-5-22(19-39)31(40)36-18-20-6-8-21(9-7-20)23-13-24(33)15-25(34)14-23/h6-11,13-17,22H,4-5,12,18-19H2,1-3H3,(H,36,40)(H,35,37,38)/t22-/m0/s1. The lowest BCUT2D eigenvalue weighted by Gasteiger charge is -2.33. The fourth-order valence-electron chi connectivity index (χ4n) is 5.14. The van der Waals surface area contributed by atoms with Crippen LogP contribution in [0.25, 0.3) is 11.1 Å². The number of hydrogen-bond acceptors (Lipinski definition) is 8. The van der Waals surface area contributed by atoms with E-state index in [2.05, 4.69) is 20.5 Å². The van der Waals surface area contributed by atoms with E-state index in [0.29, 0.717) is 52.0 Å². The molecule has 2 N–H and O–H groups in total. The van der Waals surface area contributed by atoms with Crippen LogP contribution in [0.1, 0.15) is 18.4 Å². The third-order valence-electron chi connectivity index (χ3n) is 7.29. The van der Waals surface area contributed by atoms with Crippen molar-refractivity contribution in [3.8, 4) is 28.4 Å². The fourth-order valence-corrected chi connectivity index (χ4v) is 5.66. The maximum absolute atomic E-state index is 13.1. The van der Waals surface area contributed by atoms with Crippen LogP contribution in [0.5, 0.6) is 17.2 Å². The Balaban J connectivity index is 1.20. The molecule has 5 rings (SSSR count). The van der Waals surface area contributed by atoms with Gasteiger partial charge in [0.2, 0.25) is 17.6 Å². The SMILES string of the molecule is COc1cc(Nc2nccc(N3CCC[C@H](C(=O)NCc4ccc(-c5cc(Cl)cc(Cl)c5)cc4)C3)n2)cc(OC)c1OC. The normalized spacial score (nSPS) is 14.6. The molecular weight excluding hydrogens is 589 g/mol. The maximum Gasteiger partial charge on any atom is 0.229 e. The lowest BCUT2D eigenvalue weighted by molar-refractivity contribution is -0.125. The Bertz CT molecular complexity index is 1540. The molecular formula is C32H33Cl2N5O4. The molecule has 9 nitrogen and oxygen atoms in total. The number of nitrogens with zero attached hydrogens (tertiary/aromatic N) is 3. The number of amides is 1. The molecule has 43 heavy (non-hydrogen) atoms. The maximum atomic E-state index is 13.1. The highest BCUT2D eigenvalue weighted by molar-refractivity contribution is 6.35. The number of halogens is 2. The molecule has 1 aromatic heterocycles. The third-order valence-corrected chi connectivity index (χ3v) is 7.73. The summed E-state index contributed by atoms with van der Waals surface area (Å²) in [6, 6.07) is 18.9. The summed E-state index contributed by atoms with van der Waals surface area (Å²) in [5, 5.41) is 7.51. The number of carbonyl (C=O) groups excluding carboxylic acids is 1. The summed E-state index contributed by atoms with van der Waals surface area (Å²) in [4.78, 5) is 24.4. The summed E-state index contributed by atoms with van der Waals surface area (Å²) in [7, 11) is 4.69. The number of carbonyl (C=O) groups is 1. The molecule has 4 aromatic rings. The lowest BCUT2D eigenvalue weighted by atomic mass is 9.97. The van der Waals surface area contributed by atoms with E-state index < -0.39 is 0 Å². The van der Waals surface area contributed by atoms with E-state index in [9.17, 15) is 4.79 Å². The number of benzene rings is 3. The first-order valence-electron chi connectivity index (χ1n) is 13.8. The van der Waals surface area contributed by atoms with Gasteiger partial charge < -0.3 is 29.7 Å². The van der Waals surface area contributed by atoms with E-state index in [0.717, 1.165) is 41.9 Å². The van der Waals surface area contributed by atoms with E-state index >= 15 is 0 Å². The van der Waals surface area contributed by atoms with Crippen LogP contribution in [0.15, 0.2) is 66.9 Å². The van der Waals surface area contributed by atoms with Crippen LogP contribution < -0.4 is 29.7 Å². The topological polar surface area (TPSA) is 97.8 Å². The molecule has 11 heteroatoms. The zero-order chi connectivity index (χ0) is 30.3. The van der Waals surface area contributed by atoms with E-state index in [4.69, 9.17) is 42.4 Å². The largest absolute Gasteiger partial charge is 0.493 e. The van der Waals surface area contributed by atoms with Gasteiger partial charge in [0, 0.05) is 53.7 Å². The average Bonchev–Trinajstić information content (AvgIpc) is 3.03. The Kier molecular flexibility index (Phi) is 9.74. The van der Waals surface area contributed by atoms with Crippen LogP contribution in [0.3, 0.4) is 0 Å². The number of piperidine rings is 1. The summed E-state index contributed by atoms with van der Waals surface area (Å²) in [5.41, 5.74) is 3.65. The monoisotopic (exact) mass is 621 g/mol. The predicted octanol–water partition coefficient (Wildman–Crippen LogP) is 6.75. The van der Waals surface area contributed by atoms with Crippen LogP contribution in [-0.4, -0.2) is 50.3 Å². The fraction of sp³-hybridized carbons (Fsp3) is 0.281. The van der Waals surface area contributed by atoms with Crippen LogP contribution in [0.2, 0.25) is 10.0 Å². The summed E-state index contributed by atoms with van der Waals surface area (Å²) < 4.78 is 16.3. The quantitative estimate of drug-likeness (QED) is 0.201. The van der Waals surface area contributed by atoms with E-state index in [-0.39, 0.29) is 11.8 Å². The van der Waals surface area contributed by atoms with Gasteiger partial charge in [0.1, 0.15) is 5.82 Å². The van der Waals surface area contributed by atoms with E-state index in [1.54, 1.807) is 45.7 Å². The van der Waals surface area contributed by atoms with Crippen molar-refractivity contribution in [1.82, 2.24) is 15.3 Å². The number of hydrogen-bond donors (Lipinski definition) is 2. The first kappa shape index (κ1) is 30.3. The minimum Gasteiger partial charge on any atom is -0.493 e. The number of anilines is 3. The predicted molar refractivity (Wildman–Crippen MR) is 170 cm³/mol. The second-order valence-corrected chi connectivity index (χ2v) is 11.0. The number of ether oxygens (including phenoxy) is 3. The highest BCUT2D eigenvalue weighted by Crippen LogP contribution is 2.40. The first-order chi connectivity index (χ1) is 20.9. The molecule has 3 aromatic carbocycles. The van der Waals surface area contributed by atoms with Gasteiger partial charge in [-0.2, -0.15) is 4.98 Å². The third kappa shape index (κ3) is 7.42. The summed E-state index contributed by atoms with van der Waals surface area (Å²) in [5.74, 6) is 2.59. The summed E-state index contributed by atoms with van der Waals surface area (Å²) in [6.07, 6.45) is 3.40. The van der Waals surface area contributed by atoms with Crippen molar-refractivity contribution in [2.45, 2.75) is 19.4 Å². The molecule has 0 aliphatic carbocycles. The average molecular weight is 623 g/mol. The van der Waals surface area contributed by atoms with Gasteiger partial charge >= 0.3 is 0 Å². The Morgan fingerprint density at radius 2 is 1.63 bits per heavy atom. The number of methoxy groups -OCH3 is 3. The molecule has 1 aliphatic rings. The van der Waals surface area contributed by atoms with Gasteiger partial charge in [-0.3, -0.25) is 4.79 Å². The molecule has 2 heterocycles. The molecule has 0 radical (unpaired) electrons. The van der Waals surface area contributed by atoms with Gasteiger partial charge in [0.05, 0.1) is 27.2 Å². The Hall–Kier alpha value is -4.21. The Labute approximate surface area is 261 Å². The smallest absolute Gasteiger partial charge is 0.229 e. The van der Waals surface area contributed by atoms with Crippen molar-refractivity contribution in [3.05, 3.63) is 82.5 Å². The van der Waals surface area contributed by atoms with Crippen LogP contribution in [-0.2, 0) is 11.3 Å². The minimum absolute atomic E-state index is 0.0280. The van der Waals surface area contributed by atoms with Gasteiger partial charge in [0.25, 0.3) is 0 Å². The van der Waals surface area contributed by atoms with Gasteiger partial charge in [-0.15, -0.1) is 0 Å².